The molecule has 13 heteroatoms. The van der Waals surface area contributed by atoms with Crippen molar-refractivity contribution in [1.82, 2.24) is 0 Å². The highest BCUT2D eigenvalue weighted by atomic mass is 79.9. The van der Waals surface area contributed by atoms with Crippen molar-refractivity contribution in [2.75, 3.05) is 77.8 Å². The minimum atomic E-state index is -0.642. The van der Waals surface area contributed by atoms with Gasteiger partial charge in [-0.15, -0.1) is 23.2 Å². The largest absolute Gasteiger partial charge is 0.462 e. The van der Waals surface area contributed by atoms with Gasteiger partial charge in [-0.05, 0) is 43.6 Å². The Morgan fingerprint density at radius 1 is 0.697 bits per heavy atom. The highest BCUT2D eigenvalue weighted by Crippen LogP contribution is 2.19. The highest BCUT2D eigenvalue weighted by molar-refractivity contribution is 9.20. The van der Waals surface area contributed by atoms with Crippen molar-refractivity contribution in [1.29, 1.82) is 0 Å². The van der Waals surface area contributed by atoms with Crippen molar-refractivity contribution in [3.05, 3.63) is 0 Å². The van der Waals surface area contributed by atoms with Crippen LogP contribution in [-0.4, -0.2) is 102 Å². The van der Waals surface area contributed by atoms with Crippen LogP contribution in [0.5, 0.6) is 0 Å². The molecule has 0 heterocycles. The second-order valence-electron chi connectivity index (χ2n) is 6.91. The Morgan fingerprint density at radius 3 is 1.33 bits per heavy atom. The van der Waals surface area contributed by atoms with E-state index in [1.807, 2.05) is 0 Å². The van der Waals surface area contributed by atoms with E-state index in [4.69, 9.17) is 52.0 Å². The smallest absolute Gasteiger partial charge is 0.322 e. The summed E-state index contributed by atoms with van der Waals surface area (Å²) >= 11 is 19.9. The van der Waals surface area contributed by atoms with E-state index in [0.717, 1.165) is 0 Å². The lowest BCUT2D eigenvalue weighted by Gasteiger charge is -2.14. The number of alkyl halides is 4. The molecule has 0 rings (SSSR count). The van der Waals surface area contributed by atoms with Crippen molar-refractivity contribution >= 4 is 81.7 Å². The van der Waals surface area contributed by atoms with E-state index in [0.29, 0.717) is 64.6 Å². The number of ether oxygens (including phenoxy) is 5. The minimum Gasteiger partial charge on any atom is -0.462 e. The summed E-state index contributed by atoms with van der Waals surface area (Å²) in [6.45, 7) is 11.2. The number of carbonyl (C=O) groups excluding carboxylic acids is 2. The number of aliphatic hydroxyl groups is 1. The molecule has 0 fully saturated rings. The predicted octanol–water partition coefficient (Wildman–Crippen LogP) is 4.31. The fourth-order valence-corrected chi connectivity index (χ4v) is 1.52. The van der Waals surface area contributed by atoms with Crippen LogP contribution >= 0.6 is 71.0 Å². The van der Waals surface area contributed by atoms with Crippen LogP contribution in [-0.2, 0) is 33.3 Å². The fourth-order valence-electron chi connectivity index (χ4n) is 1.18. The molecule has 8 nitrogen and oxygen atoms in total. The molecule has 0 radical (unpaired) electrons. The summed E-state index contributed by atoms with van der Waals surface area (Å²) in [5.41, 5.74) is 0. The minimum absolute atomic E-state index is 0.0278. The molecule has 1 N–H and O–H groups in total. The maximum absolute atomic E-state index is 11.3. The van der Waals surface area contributed by atoms with Gasteiger partial charge in [-0.2, -0.15) is 0 Å². The van der Waals surface area contributed by atoms with Gasteiger partial charge in [0.25, 0.3) is 0 Å². The van der Waals surface area contributed by atoms with Gasteiger partial charge in [-0.3, -0.25) is 9.59 Å². The molecule has 0 amide bonds. The van der Waals surface area contributed by atoms with Crippen molar-refractivity contribution < 1.29 is 38.4 Å². The number of hydrogen-bond donors (Lipinski definition) is 1. The Kier molecular flexibility index (Phi) is 30.4. The molecule has 0 aromatic rings. The van der Waals surface area contributed by atoms with Crippen molar-refractivity contribution in [3.8, 4) is 0 Å². The molecule has 0 aromatic heterocycles. The first kappa shape index (κ1) is 38.5. The van der Waals surface area contributed by atoms with Crippen LogP contribution in [0.25, 0.3) is 0 Å². The number of esters is 1. The summed E-state index contributed by atoms with van der Waals surface area (Å²) in [6, 6.07) is 0. The molecule has 200 valence electrons. The average Bonchev–Trinajstić information content (AvgIpc) is 2.72. The topological polar surface area (TPSA) is 101 Å². The van der Waals surface area contributed by atoms with Crippen LogP contribution in [0.15, 0.2) is 0 Å². The molecule has 0 aliphatic carbocycles. The Bertz CT molecular complexity index is 454. The lowest BCUT2D eigenvalue weighted by molar-refractivity contribution is -0.147. The third-order valence-corrected chi connectivity index (χ3v) is 5.35. The van der Waals surface area contributed by atoms with E-state index in [1.165, 1.54) is 0 Å². The van der Waals surface area contributed by atoms with Crippen molar-refractivity contribution in [2.45, 2.75) is 36.3 Å². The van der Waals surface area contributed by atoms with Crippen molar-refractivity contribution in [2.24, 2.45) is 0 Å². The van der Waals surface area contributed by atoms with Gasteiger partial charge in [0.05, 0.1) is 63.8 Å². The van der Waals surface area contributed by atoms with Gasteiger partial charge in [-0.1, -0.05) is 31.9 Å². The summed E-state index contributed by atoms with van der Waals surface area (Å²) < 4.78 is 24.1. The first-order valence-corrected chi connectivity index (χ1v) is 13.6. The second-order valence-corrected chi connectivity index (χ2v) is 12.3. The Hall–Kier alpha value is 0.960. The third kappa shape index (κ3) is 35.2. The number of hydrogen-bond acceptors (Lipinski definition) is 8. The second kappa shape index (κ2) is 26.0. The van der Waals surface area contributed by atoms with Gasteiger partial charge in [-0.25, -0.2) is 0 Å². The molecule has 0 saturated carbocycles. The Balaban J connectivity index is -0.000000451. The zero-order chi connectivity index (χ0) is 26.2. The molecular formula is C20H37Br3Cl2O8. The molecule has 33 heavy (non-hydrogen) atoms. The van der Waals surface area contributed by atoms with Gasteiger partial charge in [0.2, 0.25) is 4.69 Å². The summed E-state index contributed by atoms with van der Waals surface area (Å²) in [4.78, 5) is 21.6. The van der Waals surface area contributed by atoms with Gasteiger partial charge >= 0.3 is 5.97 Å². The molecule has 0 spiro atoms. The van der Waals surface area contributed by atoms with Crippen LogP contribution in [0.3, 0.4) is 0 Å². The van der Waals surface area contributed by atoms with E-state index in [2.05, 4.69) is 47.8 Å². The zero-order valence-corrected chi connectivity index (χ0v) is 25.9. The van der Waals surface area contributed by atoms with Crippen molar-refractivity contribution in [3.63, 3.8) is 0 Å². The lowest BCUT2D eigenvalue weighted by atomic mass is 10.2. The molecule has 0 aliphatic heterocycles. The van der Waals surface area contributed by atoms with Gasteiger partial charge in [0.1, 0.15) is 10.9 Å². The van der Waals surface area contributed by atoms with Crippen LogP contribution in [0.2, 0.25) is 0 Å². The van der Waals surface area contributed by atoms with Crippen LogP contribution in [0.4, 0.5) is 0 Å². The maximum atomic E-state index is 11.3. The average molecular weight is 716 g/mol. The predicted molar refractivity (Wildman–Crippen MR) is 143 cm³/mol. The zero-order valence-electron chi connectivity index (χ0n) is 19.7. The van der Waals surface area contributed by atoms with Gasteiger partial charge < -0.3 is 28.8 Å². The molecule has 0 unspecified atom stereocenters. The number of halogens is 5. The van der Waals surface area contributed by atoms with E-state index >= 15 is 0 Å². The summed E-state index contributed by atoms with van der Waals surface area (Å²) in [6.07, 6.45) is 0. The standard InChI is InChI=1S/C10H18BrClO4.C6H13ClO3.C4H6Br2O/c1-10(2,11)9(13)16-8-7-15-6-5-14-4-3-12;7-1-3-9-5-6-10-4-2-8;1-4(2,6)3(5)7/h3-8H2,1-2H3;8H,1-6H2;1-2H3. The van der Waals surface area contributed by atoms with Crippen LogP contribution in [0.1, 0.15) is 27.7 Å². The lowest BCUT2D eigenvalue weighted by Crippen LogP contribution is -2.27. The third-order valence-electron chi connectivity index (χ3n) is 2.84. The highest BCUT2D eigenvalue weighted by Gasteiger charge is 2.25. The summed E-state index contributed by atoms with van der Waals surface area (Å²) in [7, 11) is 0. The molecule has 0 bridgehead atoms. The van der Waals surface area contributed by atoms with E-state index in [9.17, 15) is 9.59 Å². The molecule has 0 saturated heterocycles. The van der Waals surface area contributed by atoms with E-state index in [1.54, 1.807) is 27.7 Å². The molecule has 0 atom stereocenters. The number of aliphatic hydroxyl groups excluding tert-OH is 1. The molecular weight excluding hydrogens is 679 g/mol. The Labute approximate surface area is 233 Å². The van der Waals surface area contributed by atoms with Gasteiger partial charge in [0.15, 0.2) is 0 Å². The Morgan fingerprint density at radius 2 is 1.03 bits per heavy atom. The fraction of sp³-hybridized carbons (Fsp3) is 0.900. The maximum Gasteiger partial charge on any atom is 0.322 e. The van der Waals surface area contributed by atoms with E-state index < -0.39 is 8.65 Å². The first-order valence-electron chi connectivity index (χ1n) is 10.1. The van der Waals surface area contributed by atoms with Gasteiger partial charge in [0, 0.05) is 11.8 Å². The molecule has 0 aliphatic rings. The summed E-state index contributed by atoms with van der Waals surface area (Å²) in [5, 5.41) is 8.28. The summed E-state index contributed by atoms with van der Waals surface area (Å²) in [5.74, 6) is 0.701. The number of carbonyl (C=O) groups is 2. The molecule has 0 aromatic carbocycles. The monoisotopic (exact) mass is 712 g/mol. The quantitative estimate of drug-likeness (QED) is 0.103. The number of rotatable bonds is 17. The normalized spacial score (nSPS) is 11.1. The SMILES string of the molecule is CC(C)(Br)C(=O)Br.CC(C)(Br)C(=O)OCCOCCOCCCl.OCCOCCOCCCl. The first-order chi connectivity index (χ1) is 15.3. The van der Waals surface area contributed by atoms with E-state index in [-0.39, 0.29) is 23.9 Å². The van der Waals surface area contributed by atoms with Crippen LogP contribution < -0.4 is 0 Å². The van der Waals surface area contributed by atoms with Crippen LogP contribution in [0, 0.1) is 0 Å².